The van der Waals surface area contributed by atoms with Gasteiger partial charge >= 0.3 is 0 Å². The van der Waals surface area contributed by atoms with Crippen LogP contribution in [-0.2, 0) is 6.61 Å². The second kappa shape index (κ2) is 8.30. The van der Waals surface area contributed by atoms with E-state index in [9.17, 15) is 0 Å². The number of para-hydroxylation sites is 2. The van der Waals surface area contributed by atoms with Crippen LogP contribution in [0.5, 0.6) is 5.75 Å². The first-order chi connectivity index (χ1) is 11.9. The zero-order valence-electron chi connectivity index (χ0n) is 14.1. The fraction of sp³-hybridized carbons (Fsp3) is 0.227. The van der Waals surface area contributed by atoms with Gasteiger partial charge in [0.15, 0.2) is 0 Å². The summed E-state index contributed by atoms with van der Waals surface area (Å²) < 4.78 is 6.02. The molecule has 0 aliphatic heterocycles. The van der Waals surface area contributed by atoms with Gasteiger partial charge in [0.2, 0.25) is 0 Å². The van der Waals surface area contributed by atoms with E-state index in [-0.39, 0.29) is 0 Å². The molecule has 0 aliphatic rings. The Bertz CT molecular complexity index is 823. The van der Waals surface area contributed by atoms with E-state index in [0.29, 0.717) is 6.61 Å². The number of nitrogens with zero attached hydrogens (tertiary/aromatic N) is 1. The van der Waals surface area contributed by atoms with Gasteiger partial charge in [0.1, 0.15) is 12.4 Å². The van der Waals surface area contributed by atoms with Crippen molar-refractivity contribution in [2.24, 2.45) is 0 Å². The third-order valence-corrected chi connectivity index (χ3v) is 3.97. The minimum atomic E-state index is 0.477. The Morgan fingerprint density at radius 1 is 0.958 bits per heavy atom. The van der Waals surface area contributed by atoms with Crippen LogP contribution in [0.4, 0.5) is 0 Å². The smallest absolute Gasteiger partial charge is 0.130 e. The molecule has 0 spiro atoms. The number of benzene rings is 2. The summed E-state index contributed by atoms with van der Waals surface area (Å²) >= 11 is 0. The van der Waals surface area contributed by atoms with Gasteiger partial charge in [0, 0.05) is 10.9 Å². The molecule has 0 radical (unpaired) electrons. The summed E-state index contributed by atoms with van der Waals surface area (Å²) in [6.45, 7) is 2.69. The summed E-state index contributed by atoms with van der Waals surface area (Å²) in [5, 5.41) is 1.15. The van der Waals surface area contributed by atoms with Gasteiger partial charge in [0.05, 0.1) is 11.2 Å². The quantitative estimate of drug-likeness (QED) is 0.497. The third kappa shape index (κ3) is 4.23. The average Bonchev–Trinajstić information content (AvgIpc) is 2.64. The van der Waals surface area contributed by atoms with Gasteiger partial charge in [-0.1, -0.05) is 74.4 Å². The predicted octanol–water partition coefficient (Wildman–Crippen LogP) is 6.02. The highest BCUT2D eigenvalue weighted by atomic mass is 16.5. The molecule has 0 saturated carbocycles. The highest BCUT2D eigenvalue weighted by Gasteiger charge is 2.02. The van der Waals surface area contributed by atoms with Crippen molar-refractivity contribution in [1.29, 1.82) is 0 Å². The number of allylic oxidation sites excluding steroid dienone is 1. The second-order valence-corrected chi connectivity index (χ2v) is 5.87. The summed E-state index contributed by atoms with van der Waals surface area (Å²) in [6.07, 6.45) is 7.92. The molecule has 0 N–H and O–H groups in total. The van der Waals surface area contributed by atoms with Gasteiger partial charge in [-0.05, 0) is 24.6 Å². The number of fused-ring (bicyclic) bond motifs is 1. The number of hydrogen-bond acceptors (Lipinski definition) is 2. The molecule has 0 atom stereocenters. The maximum Gasteiger partial charge on any atom is 0.130 e. The molecule has 0 amide bonds. The van der Waals surface area contributed by atoms with E-state index >= 15 is 0 Å². The van der Waals surface area contributed by atoms with Crippen LogP contribution in [0, 0.1) is 0 Å². The molecular formula is C22H23NO. The zero-order valence-corrected chi connectivity index (χ0v) is 14.1. The van der Waals surface area contributed by atoms with Crippen molar-refractivity contribution in [3.63, 3.8) is 0 Å². The molecule has 0 bridgehead atoms. The van der Waals surface area contributed by atoms with E-state index in [1.54, 1.807) is 0 Å². The lowest BCUT2D eigenvalue weighted by Gasteiger charge is -2.09. The first-order valence-corrected chi connectivity index (χ1v) is 8.60. The molecule has 24 heavy (non-hydrogen) atoms. The molecule has 0 unspecified atom stereocenters. The second-order valence-electron chi connectivity index (χ2n) is 5.87. The molecule has 0 aliphatic carbocycles. The van der Waals surface area contributed by atoms with Gasteiger partial charge in [-0.15, -0.1) is 0 Å². The molecule has 0 saturated heterocycles. The van der Waals surface area contributed by atoms with Crippen LogP contribution in [0.3, 0.4) is 0 Å². The Labute approximate surface area is 143 Å². The van der Waals surface area contributed by atoms with Crippen molar-refractivity contribution >= 4 is 17.0 Å². The molecular weight excluding hydrogens is 294 g/mol. The molecule has 3 aromatic rings. The Kier molecular flexibility index (Phi) is 5.62. The maximum absolute atomic E-state index is 6.02. The van der Waals surface area contributed by atoms with Gasteiger partial charge in [-0.3, -0.25) is 0 Å². The molecule has 2 nitrogen and oxygen atoms in total. The van der Waals surface area contributed by atoms with Crippen molar-refractivity contribution in [2.75, 3.05) is 0 Å². The first kappa shape index (κ1) is 16.3. The van der Waals surface area contributed by atoms with Crippen molar-refractivity contribution in [1.82, 2.24) is 4.98 Å². The van der Waals surface area contributed by atoms with Gasteiger partial charge < -0.3 is 4.74 Å². The normalized spacial score (nSPS) is 11.2. The van der Waals surface area contributed by atoms with Crippen LogP contribution in [0.25, 0.3) is 17.0 Å². The van der Waals surface area contributed by atoms with Crippen LogP contribution < -0.4 is 4.74 Å². The van der Waals surface area contributed by atoms with Crippen LogP contribution in [0.1, 0.15) is 37.4 Å². The van der Waals surface area contributed by atoms with Crippen molar-refractivity contribution in [3.05, 3.63) is 78.0 Å². The standard InChI is InChI=1S/C22H23NO/c1-2-3-4-5-11-19-12-7-9-14-22(19)24-17-20-16-15-18-10-6-8-13-21(18)23-20/h5-16H,2-4,17H2,1H3. The number of pyridine rings is 1. The van der Waals surface area contributed by atoms with Crippen molar-refractivity contribution in [2.45, 2.75) is 32.8 Å². The SMILES string of the molecule is CCCCC=Cc1ccccc1OCc1ccc2ccccc2n1. The number of rotatable bonds is 7. The lowest BCUT2D eigenvalue weighted by molar-refractivity contribution is 0.301. The third-order valence-electron chi connectivity index (χ3n) is 3.97. The Hall–Kier alpha value is -2.61. The number of unbranched alkanes of at least 4 members (excludes halogenated alkanes) is 2. The summed E-state index contributed by atoms with van der Waals surface area (Å²) in [4.78, 5) is 4.66. The molecule has 2 aromatic carbocycles. The largest absolute Gasteiger partial charge is 0.487 e. The van der Waals surface area contributed by atoms with Crippen LogP contribution in [0.15, 0.2) is 66.7 Å². The highest BCUT2D eigenvalue weighted by molar-refractivity contribution is 5.78. The molecule has 2 heteroatoms. The summed E-state index contributed by atoms with van der Waals surface area (Å²) in [6, 6.07) is 20.4. The van der Waals surface area contributed by atoms with Crippen molar-refractivity contribution < 1.29 is 4.74 Å². The first-order valence-electron chi connectivity index (χ1n) is 8.60. The fourth-order valence-corrected chi connectivity index (χ4v) is 2.62. The van der Waals surface area contributed by atoms with Crippen LogP contribution in [-0.4, -0.2) is 4.98 Å². The maximum atomic E-state index is 6.02. The van der Waals surface area contributed by atoms with E-state index < -0.39 is 0 Å². The number of hydrogen-bond donors (Lipinski definition) is 0. The summed E-state index contributed by atoms with van der Waals surface area (Å²) in [5.74, 6) is 0.903. The van der Waals surface area contributed by atoms with Crippen LogP contribution in [0.2, 0.25) is 0 Å². The average molecular weight is 317 g/mol. The van der Waals surface area contributed by atoms with Gasteiger partial charge in [-0.2, -0.15) is 0 Å². The molecule has 1 aromatic heterocycles. The number of aromatic nitrogens is 1. The van der Waals surface area contributed by atoms with E-state index in [4.69, 9.17) is 4.74 Å². The summed E-state index contributed by atoms with van der Waals surface area (Å²) in [7, 11) is 0. The van der Waals surface area contributed by atoms with Gasteiger partial charge in [0.25, 0.3) is 0 Å². The Balaban J connectivity index is 1.70. The van der Waals surface area contributed by atoms with E-state index in [2.05, 4.69) is 42.3 Å². The Morgan fingerprint density at radius 3 is 2.71 bits per heavy atom. The fourth-order valence-electron chi connectivity index (χ4n) is 2.62. The monoisotopic (exact) mass is 317 g/mol. The molecule has 122 valence electrons. The van der Waals surface area contributed by atoms with Gasteiger partial charge in [-0.25, -0.2) is 4.98 Å². The van der Waals surface area contributed by atoms with E-state index in [1.807, 2.05) is 42.5 Å². The van der Waals surface area contributed by atoms with E-state index in [1.165, 1.54) is 12.8 Å². The lowest BCUT2D eigenvalue weighted by Crippen LogP contribution is -1.99. The summed E-state index contributed by atoms with van der Waals surface area (Å²) in [5.41, 5.74) is 3.07. The lowest BCUT2D eigenvalue weighted by atomic mass is 10.1. The highest BCUT2D eigenvalue weighted by Crippen LogP contribution is 2.21. The molecule has 1 heterocycles. The number of ether oxygens (including phenoxy) is 1. The van der Waals surface area contributed by atoms with E-state index in [0.717, 1.165) is 34.3 Å². The zero-order chi connectivity index (χ0) is 16.6. The minimum absolute atomic E-state index is 0.477. The minimum Gasteiger partial charge on any atom is -0.487 e. The predicted molar refractivity (Wildman–Crippen MR) is 101 cm³/mol. The molecule has 0 fully saturated rings. The van der Waals surface area contributed by atoms with Crippen LogP contribution >= 0.6 is 0 Å². The van der Waals surface area contributed by atoms with Crippen molar-refractivity contribution in [3.8, 4) is 5.75 Å². The Morgan fingerprint density at radius 2 is 1.79 bits per heavy atom. The topological polar surface area (TPSA) is 22.1 Å². The molecule has 3 rings (SSSR count).